The number of fused-ring (bicyclic) bond motifs is 1. The number of rotatable bonds is 5. The zero-order valence-corrected chi connectivity index (χ0v) is 21.4. The molecule has 1 aliphatic heterocycles. The van der Waals surface area contributed by atoms with Crippen LogP contribution in [0.1, 0.15) is 37.4 Å². The van der Waals surface area contributed by atoms with Gasteiger partial charge >= 0.3 is 12.4 Å². The fraction of sp³-hybridized carbons (Fsp3) is 0.370. The summed E-state index contributed by atoms with van der Waals surface area (Å²) in [6.45, 7) is 1.96. The molecule has 1 atom stereocenters. The van der Waals surface area contributed by atoms with Crippen LogP contribution in [0.5, 0.6) is 5.75 Å². The highest BCUT2D eigenvalue weighted by molar-refractivity contribution is 7.92. The Bertz CT molecular complexity index is 1480. The number of hydrogen-bond acceptors (Lipinski definition) is 4. The first kappa shape index (κ1) is 27.3. The van der Waals surface area contributed by atoms with Gasteiger partial charge in [-0.1, -0.05) is 19.1 Å². The molecule has 0 bridgehead atoms. The summed E-state index contributed by atoms with van der Waals surface area (Å²) in [5.41, 5.74) is -2.06. The monoisotopic (exact) mass is 570 g/mol. The van der Waals surface area contributed by atoms with Crippen LogP contribution in [-0.4, -0.2) is 26.1 Å². The van der Waals surface area contributed by atoms with Crippen LogP contribution < -0.4 is 9.04 Å². The Hall–Kier alpha value is -3.28. The number of hydrogen-bond donors (Lipinski definition) is 0. The number of ether oxygens (including phenoxy) is 1. The Labute approximate surface area is 221 Å². The van der Waals surface area contributed by atoms with Gasteiger partial charge in [0.2, 0.25) is 0 Å². The maximum atomic E-state index is 13.8. The molecule has 39 heavy (non-hydrogen) atoms. The normalized spacial score (nSPS) is 21.6. The smallest absolute Gasteiger partial charge is 0.433 e. The summed E-state index contributed by atoms with van der Waals surface area (Å²) in [6.07, 6.45) is -7.48. The topological polar surface area (TPSA) is 59.5 Å². The van der Waals surface area contributed by atoms with Crippen molar-refractivity contribution in [2.45, 2.75) is 49.5 Å². The van der Waals surface area contributed by atoms with Gasteiger partial charge in [-0.2, -0.15) is 26.3 Å². The quantitative estimate of drug-likeness (QED) is 0.305. The highest BCUT2D eigenvalue weighted by Gasteiger charge is 2.39. The van der Waals surface area contributed by atoms with Gasteiger partial charge in [0.05, 0.1) is 28.4 Å². The van der Waals surface area contributed by atoms with Crippen molar-refractivity contribution >= 4 is 15.7 Å². The van der Waals surface area contributed by atoms with Crippen LogP contribution in [0.3, 0.4) is 0 Å². The number of alkyl halides is 6. The Kier molecular flexibility index (Phi) is 6.80. The summed E-state index contributed by atoms with van der Waals surface area (Å²) in [7, 11) is -4.50. The second-order valence-electron chi connectivity index (χ2n) is 10.1. The second-order valence-corrected chi connectivity index (χ2v) is 11.9. The van der Waals surface area contributed by atoms with E-state index < -0.39 is 44.6 Å². The predicted molar refractivity (Wildman–Crippen MR) is 132 cm³/mol. The van der Waals surface area contributed by atoms with E-state index in [1.807, 2.05) is 0 Å². The molecule has 0 amide bonds. The van der Waals surface area contributed by atoms with E-state index in [1.54, 1.807) is 0 Å². The minimum atomic E-state index is -4.75. The fourth-order valence-corrected chi connectivity index (χ4v) is 6.71. The van der Waals surface area contributed by atoms with Gasteiger partial charge < -0.3 is 4.74 Å². The molecule has 1 aliphatic carbocycles. The summed E-state index contributed by atoms with van der Waals surface area (Å²) in [6, 6.07) is 11.1. The van der Waals surface area contributed by atoms with Crippen molar-refractivity contribution in [1.29, 1.82) is 0 Å². The molecule has 0 saturated heterocycles. The molecule has 1 saturated carbocycles. The van der Waals surface area contributed by atoms with E-state index in [1.165, 1.54) is 30.3 Å². The van der Waals surface area contributed by atoms with Crippen LogP contribution in [0.4, 0.5) is 32.0 Å². The first-order chi connectivity index (χ1) is 18.2. The molecule has 1 aromatic heterocycles. The molecule has 0 radical (unpaired) electrons. The molecule has 208 valence electrons. The minimum Gasteiger partial charge on any atom is -0.486 e. The highest BCUT2D eigenvalue weighted by Crippen LogP contribution is 2.44. The molecule has 5 nitrogen and oxygen atoms in total. The van der Waals surface area contributed by atoms with Crippen molar-refractivity contribution in [2.24, 2.45) is 11.8 Å². The summed E-state index contributed by atoms with van der Waals surface area (Å²) < 4.78 is 114. The van der Waals surface area contributed by atoms with Crippen molar-refractivity contribution in [1.82, 2.24) is 4.98 Å². The third kappa shape index (κ3) is 5.57. The van der Waals surface area contributed by atoms with Crippen molar-refractivity contribution in [3.8, 4) is 17.0 Å². The zero-order chi connectivity index (χ0) is 28.2. The molecule has 0 N–H and O–H groups in total. The number of nitrogens with zero attached hydrogens (tertiary/aromatic N) is 2. The molecule has 5 rings (SSSR count). The Balaban J connectivity index is 1.57. The minimum absolute atomic E-state index is 0.0161. The van der Waals surface area contributed by atoms with Gasteiger partial charge in [-0.15, -0.1) is 0 Å². The molecule has 3 aromatic rings. The molecular formula is C27H24F6N2O3S. The van der Waals surface area contributed by atoms with E-state index in [9.17, 15) is 34.8 Å². The van der Waals surface area contributed by atoms with Crippen LogP contribution >= 0.6 is 0 Å². The number of anilines is 1. The zero-order valence-electron chi connectivity index (χ0n) is 20.6. The standard InChI is InChI=1S/C27H24F6N2O3S/c1-16-10-17(11-16)12-20-15-35(39(36,37)21-5-2-4-19(14-21)26(28,29)30)23-13-18(8-9-24(23)38-20)22-6-3-7-25(34-22)27(31,32)33/h2-9,13-14,16-17,20H,10-12,15H2,1H3/t16-,17+,20?. The summed E-state index contributed by atoms with van der Waals surface area (Å²) in [5, 5.41) is 0. The third-order valence-corrected chi connectivity index (χ3v) is 8.82. The largest absolute Gasteiger partial charge is 0.486 e. The third-order valence-electron chi connectivity index (χ3n) is 7.04. The summed E-state index contributed by atoms with van der Waals surface area (Å²) >= 11 is 0. The summed E-state index contributed by atoms with van der Waals surface area (Å²) in [4.78, 5) is 3.12. The van der Waals surface area contributed by atoms with Crippen LogP contribution in [0.25, 0.3) is 11.3 Å². The number of pyridine rings is 1. The van der Waals surface area contributed by atoms with Gasteiger partial charge in [0, 0.05) is 5.56 Å². The van der Waals surface area contributed by atoms with Gasteiger partial charge in [0.15, 0.2) is 0 Å². The lowest BCUT2D eigenvalue weighted by Crippen LogP contribution is -2.45. The number of sulfonamides is 1. The maximum absolute atomic E-state index is 13.8. The number of halogens is 6. The van der Waals surface area contributed by atoms with E-state index in [0.717, 1.165) is 41.4 Å². The SMILES string of the molecule is C[C@H]1C[C@@H](CC2CN(S(=O)(=O)c3cccc(C(F)(F)F)c3)c3cc(-c4cccc(C(F)(F)F)n4)ccc3O2)C1. The van der Waals surface area contributed by atoms with E-state index >= 15 is 0 Å². The maximum Gasteiger partial charge on any atom is 0.433 e. The Morgan fingerprint density at radius 3 is 2.33 bits per heavy atom. The number of benzene rings is 2. The van der Waals surface area contributed by atoms with E-state index in [2.05, 4.69) is 11.9 Å². The van der Waals surface area contributed by atoms with Gasteiger partial charge in [-0.05, 0) is 79.6 Å². The van der Waals surface area contributed by atoms with Gasteiger partial charge in [0.25, 0.3) is 10.0 Å². The molecular weight excluding hydrogens is 546 g/mol. The van der Waals surface area contributed by atoms with Crippen LogP contribution in [0.2, 0.25) is 0 Å². The lowest BCUT2D eigenvalue weighted by molar-refractivity contribution is -0.141. The average molecular weight is 571 g/mol. The van der Waals surface area contributed by atoms with E-state index in [0.29, 0.717) is 24.3 Å². The second kappa shape index (κ2) is 9.72. The molecule has 12 heteroatoms. The van der Waals surface area contributed by atoms with Gasteiger partial charge in [-0.25, -0.2) is 13.4 Å². The number of aromatic nitrogens is 1. The van der Waals surface area contributed by atoms with Crippen molar-refractivity contribution in [2.75, 3.05) is 10.8 Å². The predicted octanol–water partition coefficient (Wildman–Crippen LogP) is 7.18. The van der Waals surface area contributed by atoms with E-state index in [-0.39, 0.29) is 29.2 Å². The van der Waals surface area contributed by atoms with Crippen LogP contribution in [-0.2, 0) is 22.4 Å². The molecule has 2 aromatic carbocycles. The van der Waals surface area contributed by atoms with Gasteiger partial charge in [0.1, 0.15) is 17.5 Å². The van der Waals surface area contributed by atoms with E-state index in [4.69, 9.17) is 4.74 Å². The average Bonchev–Trinajstić information content (AvgIpc) is 2.86. The summed E-state index contributed by atoms with van der Waals surface area (Å²) in [5.74, 6) is 1.06. The highest BCUT2D eigenvalue weighted by atomic mass is 32.2. The Morgan fingerprint density at radius 1 is 0.949 bits per heavy atom. The van der Waals surface area contributed by atoms with Crippen molar-refractivity contribution < 1.29 is 39.5 Å². The molecule has 0 spiro atoms. The molecule has 1 fully saturated rings. The molecule has 2 aliphatic rings. The van der Waals surface area contributed by atoms with Gasteiger partial charge in [-0.3, -0.25) is 4.31 Å². The lowest BCUT2D eigenvalue weighted by Gasteiger charge is -2.40. The van der Waals surface area contributed by atoms with Crippen molar-refractivity contribution in [3.05, 3.63) is 71.9 Å². The van der Waals surface area contributed by atoms with Crippen LogP contribution in [0.15, 0.2) is 65.6 Å². The first-order valence-corrected chi connectivity index (χ1v) is 13.7. The van der Waals surface area contributed by atoms with Crippen LogP contribution in [0, 0.1) is 11.8 Å². The first-order valence-electron chi connectivity index (χ1n) is 12.3. The fourth-order valence-electron chi connectivity index (χ4n) is 5.17. The van der Waals surface area contributed by atoms with Crippen molar-refractivity contribution in [3.63, 3.8) is 0 Å². The lowest BCUT2D eigenvalue weighted by atomic mass is 9.73. The Morgan fingerprint density at radius 2 is 1.67 bits per heavy atom. The molecule has 1 unspecified atom stereocenters. The molecule has 2 heterocycles.